The van der Waals surface area contributed by atoms with Crippen LogP contribution in [0.5, 0.6) is 17.2 Å². The minimum Gasteiger partial charge on any atom is -0.488 e. The molecule has 0 aliphatic carbocycles. The third kappa shape index (κ3) is 7.31. The van der Waals surface area contributed by atoms with E-state index in [0.29, 0.717) is 17.4 Å². The van der Waals surface area contributed by atoms with E-state index in [0.717, 1.165) is 37.0 Å². The Labute approximate surface area is 256 Å². The number of hydrogen-bond donors (Lipinski definition) is 0. The molecule has 6 nitrogen and oxygen atoms in total. The Hall–Kier alpha value is -3.62. The Balaban J connectivity index is 1.45. The van der Waals surface area contributed by atoms with Gasteiger partial charge in [-0.25, -0.2) is 16.8 Å². The molecular weight excluding hydrogens is 581 g/mol. The molecule has 0 bridgehead atoms. The highest BCUT2D eigenvalue weighted by atomic mass is 32.2. The van der Waals surface area contributed by atoms with Crippen LogP contribution >= 0.6 is 0 Å². The molecule has 8 heteroatoms. The van der Waals surface area contributed by atoms with Gasteiger partial charge in [-0.05, 0) is 129 Å². The van der Waals surface area contributed by atoms with Gasteiger partial charge >= 0.3 is 0 Å². The predicted octanol–water partition coefficient (Wildman–Crippen LogP) is 9.01. The molecule has 0 spiro atoms. The van der Waals surface area contributed by atoms with Crippen LogP contribution in [0.2, 0.25) is 0 Å². The van der Waals surface area contributed by atoms with E-state index in [1.165, 1.54) is 36.4 Å². The molecule has 0 N–H and O–H groups in total. The normalized spacial score (nSPS) is 12.3. The van der Waals surface area contributed by atoms with Crippen LogP contribution in [0.25, 0.3) is 0 Å². The molecule has 0 aliphatic rings. The smallest absolute Gasteiger partial charge is 0.206 e. The maximum absolute atomic E-state index is 13.3. The van der Waals surface area contributed by atoms with E-state index in [9.17, 15) is 16.8 Å². The van der Waals surface area contributed by atoms with Gasteiger partial charge in [-0.3, -0.25) is 0 Å². The summed E-state index contributed by atoms with van der Waals surface area (Å²) in [5.74, 6) is 2.22. The predicted molar refractivity (Wildman–Crippen MR) is 170 cm³/mol. The van der Waals surface area contributed by atoms with Crippen molar-refractivity contribution in [1.29, 1.82) is 0 Å². The van der Waals surface area contributed by atoms with Gasteiger partial charge in [-0.15, -0.1) is 0 Å². The van der Waals surface area contributed by atoms with Gasteiger partial charge in [0.15, 0.2) is 0 Å². The van der Waals surface area contributed by atoms with Crippen molar-refractivity contribution >= 4 is 19.7 Å². The first kappa shape index (κ1) is 32.3. The summed E-state index contributed by atoms with van der Waals surface area (Å²) in [6, 6.07) is 25.7. The third-order valence-corrected chi connectivity index (χ3v) is 11.7. The lowest BCUT2D eigenvalue weighted by Gasteiger charge is -2.28. The second-order valence-corrected chi connectivity index (χ2v) is 14.8. The number of ether oxygens (including phenoxy) is 2. The molecule has 0 heterocycles. The topological polar surface area (TPSA) is 86.7 Å². The highest BCUT2D eigenvalue weighted by Crippen LogP contribution is 2.31. The maximum Gasteiger partial charge on any atom is 0.206 e. The molecular formula is C35H40O6S2. The van der Waals surface area contributed by atoms with E-state index in [1.54, 1.807) is 24.3 Å². The van der Waals surface area contributed by atoms with Crippen molar-refractivity contribution < 1.29 is 26.3 Å². The van der Waals surface area contributed by atoms with Gasteiger partial charge in [-0.1, -0.05) is 39.8 Å². The van der Waals surface area contributed by atoms with E-state index in [2.05, 4.69) is 34.6 Å². The molecule has 43 heavy (non-hydrogen) atoms. The largest absolute Gasteiger partial charge is 0.488 e. The van der Waals surface area contributed by atoms with Crippen molar-refractivity contribution in [3.8, 4) is 17.2 Å². The van der Waals surface area contributed by atoms with E-state index in [4.69, 9.17) is 9.47 Å². The van der Waals surface area contributed by atoms with E-state index >= 15 is 0 Å². The molecule has 4 rings (SSSR count). The van der Waals surface area contributed by atoms with E-state index in [-0.39, 0.29) is 25.2 Å². The molecule has 4 aromatic carbocycles. The van der Waals surface area contributed by atoms with Crippen LogP contribution in [-0.2, 0) is 19.7 Å². The summed E-state index contributed by atoms with van der Waals surface area (Å²) in [6.45, 7) is 10.5. The quantitative estimate of drug-likeness (QED) is 0.148. The number of benzene rings is 4. The molecule has 0 unspecified atom stereocenters. The minimum atomic E-state index is -3.87. The van der Waals surface area contributed by atoms with Crippen molar-refractivity contribution in [1.82, 2.24) is 0 Å². The minimum absolute atomic E-state index is 0.00551. The Morgan fingerprint density at radius 1 is 0.535 bits per heavy atom. The Morgan fingerprint density at radius 2 is 0.860 bits per heavy atom. The first-order chi connectivity index (χ1) is 20.5. The van der Waals surface area contributed by atoms with Gasteiger partial charge in [0.1, 0.15) is 22.8 Å². The fraction of sp³-hybridized carbons (Fsp3) is 0.314. The van der Waals surface area contributed by atoms with Crippen LogP contribution in [0.1, 0.15) is 71.8 Å². The SMILES string of the molecule is CCC(CC)c1ccc(S(=O)(=O)c2ccc(S(=O)(=O)c3ccc(Oc4ccc(OC(C)(CC)CC)cc4)cc3)cc2)cc1. The van der Waals surface area contributed by atoms with E-state index in [1.807, 2.05) is 36.4 Å². The first-order valence-corrected chi connectivity index (χ1v) is 17.7. The van der Waals surface area contributed by atoms with Crippen LogP contribution in [0.15, 0.2) is 117 Å². The van der Waals surface area contributed by atoms with Crippen LogP contribution in [-0.4, -0.2) is 22.4 Å². The van der Waals surface area contributed by atoms with Gasteiger partial charge < -0.3 is 9.47 Å². The second-order valence-electron chi connectivity index (χ2n) is 10.9. The van der Waals surface area contributed by atoms with Gasteiger partial charge in [0.2, 0.25) is 19.7 Å². The number of hydrogen-bond acceptors (Lipinski definition) is 6. The van der Waals surface area contributed by atoms with Gasteiger partial charge in [-0.2, -0.15) is 0 Å². The molecule has 4 aromatic rings. The fourth-order valence-electron chi connectivity index (χ4n) is 4.83. The molecule has 228 valence electrons. The number of rotatable bonds is 13. The van der Waals surface area contributed by atoms with Gasteiger partial charge in [0.25, 0.3) is 0 Å². The van der Waals surface area contributed by atoms with Gasteiger partial charge in [0.05, 0.1) is 19.6 Å². The zero-order chi connectivity index (χ0) is 31.3. The fourth-order valence-corrected chi connectivity index (χ4v) is 7.35. The highest BCUT2D eigenvalue weighted by molar-refractivity contribution is 7.92. The highest BCUT2D eigenvalue weighted by Gasteiger charge is 2.23. The monoisotopic (exact) mass is 620 g/mol. The first-order valence-electron chi connectivity index (χ1n) is 14.7. The Kier molecular flexibility index (Phi) is 10.0. The van der Waals surface area contributed by atoms with Crippen LogP contribution < -0.4 is 9.47 Å². The standard InChI is InChI=1S/C35H40O6S2/c1-6-26(7-2)27-10-18-31(19-11-27)42(36,37)33-22-24-34(25-23-33)43(38,39)32-20-16-29(17-21-32)40-28-12-14-30(15-13-28)41-35(5,8-3)9-4/h10-26H,6-9H2,1-5H3. The second kappa shape index (κ2) is 13.3. The molecule has 0 radical (unpaired) electrons. The van der Waals surface area contributed by atoms with Crippen LogP contribution in [0.3, 0.4) is 0 Å². The summed E-state index contributed by atoms with van der Waals surface area (Å²) in [6.07, 6.45) is 3.76. The van der Waals surface area contributed by atoms with Crippen LogP contribution in [0.4, 0.5) is 0 Å². The lowest BCUT2D eigenvalue weighted by Crippen LogP contribution is -2.30. The average molecular weight is 621 g/mol. The zero-order valence-electron chi connectivity index (χ0n) is 25.4. The number of sulfone groups is 2. The van der Waals surface area contributed by atoms with Crippen molar-refractivity contribution in [3.63, 3.8) is 0 Å². The third-order valence-electron chi connectivity index (χ3n) is 8.15. The molecule has 0 fully saturated rings. The van der Waals surface area contributed by atoms with Gasteiger partial charge in [0, 0.05) is 0 Å². The van der Waals surface area contributed by atoms with Crippen molar-refractivity contribution in [3.05, 3.63) is 103 Å². The van der Waals surface area contributed by atoms with Crippen molar-refractivity contribution in [2.45, 2.75) is 91.4 Å². The summed E-state index contributed by atoms with van der Waals surface area (Å²) in [7, 11) is -7.66. The van der Waals surface area contributed by atoms with Crippen LogP contribution in [0, 0.1) is 0 Å². The van der Waals surface area contributed by atoms with Crippen molar-refractivity contribution in [2.24, 2.45) is 0 Å². The summed E-state index contributed by atoms with van der Waals surface area (Å²) < 4.78 is 65.0. The van der Waals surface area contributed by atoms with E-state index < -0.39 is 19.7 Å². The summed E-state index contributed by atoms with van der Waals surface area (Å²) in [5.41, 5.74) is 0.883. The maximum atomic E-state index is 13.3. The average Bonchev–Trinajstić information content (AvgIpc) is 3.03. The Bertz CT molecular complexity index is 1700. The molecule has 0 amide bonds. The zero-order valence-corrected chi connectivity index (χ0v) is 27.0. The Morgan fingerprint density at radius 3 is 1.23 bits per heavy atom. The molecule has 0 aromatic heterocycles. The summed E-state index contributed by atoms with van der Waals surface area (Å²) >= 11 is 0. The molecule has 0 atom stereocenters. The summed E-state index contributed by atoms with van der Waals surface area (Å²) in [5, 5.41) is 0. The lowest BCUT2D eigenvalue weighted by atomic mass is 9.94. The molecule has 0 saturated carbocycles. The molecule has 0 saturated heterocycles. The van der Waals surface area contributed by atoms with Crippen molar-refractivity contribution in [2.75, 3.05) is 0 Å². The summed E-state index contributed by atoms with van der Waals surface area (Å²) in [4.78, 5) is 0.299. The lowest BCUT2D eigenvalue weighted by molar-refractivity contribution is 0.0802. The molecule has 0 aliphatic heterocycles.